The first kappa shape index (κ1) is 10.2. The van der Waals surface area contributed by atoms with Crippen molar-refractivity contribution in [1.82, 2.24) is 0 Å². The molecule has 1 fully saturated rings. The standard InChI is InChI=1S/C13H12OS2/c1-8-2-5-10(15-8)11-6-7-12(16-11)13(14)9-3-4-9/h2,5-7,9H,3-4H2,1H3. The summed E-state index contributed by atoms with van der Waals surface area (Å²) in [6.07, 6.45) is 2.17. The molecular weight excluding hydrogens is 236 g/mol. The minimum Gasteiger partial charge on any atom is -0.293 e. The molecule has 1 aliphatic rings. The van der Waals surface area contributed by atoms with Gasteiger partial charge in [0.05, 0.1) is 4.88 Å². The molecule has 3 heteroatoms. The monoisotopic (exact) mass is 248 g/mol. The van der Waals surface area contributed by atoms with Gasteiger partial charge in [0.2, 0.25) is 0 Å². The van der Waals surface area contributed by atoms with Crippen LogP contribution in [0.2, 0.25) is 0 Å². The summed E-state index contributed by atoms with van der Waals surface area (Å²) in [7, 11) is 0. The van der Waals surface area contributed by atoms with Crippen molar-refractivity contribution in [2.24, 2.45) is 5.92 Å². The van der Waals surface area contributed by atoms with Gasteiger partial charge in [-0.25, -0.2) is 0 Å². The number of carbonyl (C=O) groups is 1. The Balaban J connectivity index is 1.89. The van der Waals surface area contributed by atoms with Gasteiger partial charge in [0, 0.05) is 20.5 Å². The van der Waals surface area contributed by atoms with Crippen LogP contribution in [-0.2, 0) is 0 Å². The lowest BCUT2D eigenvalue weighted by molar-refractivity contribution is 0.0971. The van der Waals surface area contributed by atoms with E-state index in [1.165, 1.54) is 14.6 Å². The van der Waals surface area contributed by atoms with Crippen molar-refractivity contribution in [2.75, 3.05) is 0 Å². The summed E-state index contributed by atoms with van der Waals surface area (Å²) >= 11 is 3.43. The van der Waals surface area contributed by atoms with Gasteiger partial charge in [-0.3, -0.25) is 4.79 Å². The van der Waals surface area contributed by atoms with Crippen LogP contribution in [-0.4, -0.2) is 5.78 Å². The van der Waals surface area contributed by atoms with Crippen molar-refractivity contribution >= 4 is 28.5 Å². The number of Topliss-reactive ketones (excluding diaryl/α,β-unsaturated/α-hetero) is 1. The van der Waals surface area contributed by atoms with E-state index < -0.39 is 0 Å². The SMILES string of the molecule is Cc1ccc(-c2ccc(C(=O)C3CC3)s2)s1. The van der Waals surface area contributed by atoms with E-state index in [0.717, 1.165) is 17.7 Å². The van der Waals surface area contributed by atoms with Gasteiger partial charge >= 0.3 is 0 Å². The number of hydrogen-bond donors (Lipinski definition) is 0. The van der Waals surface area contributed by atoms with Gasteiger partial charge in [-0.2, -0.15) is 0 Å². The maximum Gasteiger partial charge on any atom is 0.175 e. The van der Waals surface area contributed by atoms with Crippen LogP contribution in [0, 0.1) is 12.8 Å². The van der Waals surface area contributed by atoms with E-state index in [0.29, 0.717) is 11.7 Å². The second kappa shape index (κ2) is 3.82. The highest BCUT2D eigenvalue weighted by Gasteiger charge is 2.31. The van der Waals surface area contributed by atoms with E-state index in [2.05, 4.69) is 25.1 Å². The molecule has 1 aliphatic carbocycles. The van der Waals surface area contributed by atoms with Crippen LogP contribution in [0.15, 0.2) is 24.3 Å². The molecular formula is C13H12OS2. The number of rotatable bonds is 3. The van der Waals surface area contributed by atoms with Gasteiger partial charge in [-0.05, 0) is 44.0 Å². The van der Waals surface area contributed by atoms with Crippen molar-refractivity contribution in [3.63, 3.8) is 0 Å². The van der Waals surface area contributed by atoms with Crippen LogP contribution in [0.25, 0.3) is 9.75 Å². The molecule has 0 spiro atoms. The Hall–Kier alpha value is -0.930. The molecule has 2 heterocycles. The molecule has 2 aromatic heterocycles. The summed E-state index contributed by atoms with van der Waals surface area (Å²) in [5.74, 6) is 0.682. The molecule has 0 N–H and O–H groups in total. The average molecular weight is 248 g/mol. The van der Waals surface area contributed by atoms with Crippen molar-refractivity contribution in [3.8, 4) is 9.75 Å². The van der Waals surface area contributed by atoms with E-state index in [1.807, 2.05) is 6.07 Å². The lowest BCUT2D eigenvalue weighted by Gasteiger charge is -1.91. The third kappa shape index (κ3) is 1.85. The number of thiophene rings is 2. The Bertz CT molecular complexity index is 532. The fourth-order valence-electron chi connectivity index (χ4n) is 1.72. The van der Waals surface area contributed by atoms with Crippen LogP contribution in [0.5, 0.6) is 0 Å². The second-order valence-electron chi connectivity index (χ2n) is 4.21. The van der Waals surface area contributed by atoms with Gasteiger partial charge in [0.15, 0.2) is 5.78 Å². The molecule has 0 amide bonds. The molecule has 0 unspecified atom stereocenters. The van der Waals surface area contributed by atoms with Crippen molar-refractivity contribution in [1.29, 1.82) is 0 Å². The Morgan fingerprint density at radius 3 is 2.44 bits per heavy atom. The molecule has 16 heavy (non-hydrogen) atoms. The van der Waals surface area contributed by atoms with E-state index in [9.17, 15) is 4.79 Å². The van der Waals surface area contributed by atoms with Crippen molar-refractivity contribution in [2.45, 2.75) is 19.8 Å². The Morgan fingerprint density at radius 2 is 1.81 bits per heavy atom. The van der Waals surface area contributed by atoms with Crippen LogP contribution >= 0.6 is 22.7 Å². The first-order valence-corrected chi connectivity index (χ1v) is 7.08. The highest BCUT2D eigenvalue weighted by Crippen LogP contribution is 2.38. The van der Waals surface area contributed by atoms with E-state index in [1.54, 1.807) is 22.7 Å². The predicted octanol–water partition coefficient (Wildman–Crippen LogP) is 4.38. The molecule has 2 aromatic rings. The Kier molecular flexibility index (Phi) is 2.45. The molecule has 0 aromatic carbocycles. The number of carbonyl (C=O) groups excluding carboxylic acids is 1. The smallest absolute Gasteiger partial charge is 0.175 e. The van der Waals surface area contributed by atoms with Crippen LogP contribution in [0.3, 0.4) is 0 Å². The molecule has 0 bridgehead atoms. The van der Waals surface area contributed by atoms with Gasteiger partial charge in [-0.15, -0.1) is 22.7 Å². The topological polar surface area (TPSA) is 17.1 Å². The third-order valence-electron chi connectivity index (χ3n) is 2.78. The number of hydrogen-bond acceptors (Lipinski definition) is 3. The maximum absolute atomic E-state index is 11.9. The minimum atomic E-state index is 0.330. The quantitative estimate of drug-likeness (QED) is 0.737. The summed E-state index contributed by atoms with van der Waals surface area (Å²) in [6.45, 7) is 2.11. The highest BCUT2D eigenvalue weighted by molar-refractivity contribution is 7.23. The Labute approximate surface area is 103 Å². The van der Waals surface area contributed by atoms with E-state index >= 15 is 0 Å². The zero-order chi connectivity index (χ0) is 11.1. The second-order valence-corrected chi connectivity index (χ2v) is 6.58. The fraction of sp³-hybridized carbons (Fsp3) is 0.308. The largest absolute Gasteiger partial charge is 0.293 e. The zero-order valence-corrected chi connectivity index (χ0v) is 10.7. The lowest BCUT2D eigenvalue weighted by Crippen LogP contribution is -1.96. The average Bonchev–Trinajstić information content (AvgIpc) is 2.84. The first-order valence-electron chi connectivity index (χ1n) is 5.45. The Morgan fingerprint density at radius 1 is 1.12 bits per heavy atom. The molecule has 0 radical (unpaired) electrons. The van der Waals surface area contributed by atoms with Crippen LogP contribution in [0.1, 0.15) is 27.4 Å². The summed E-state index contributed by atoms with van der Waals surface area (Å²) in [6, 6.07) is 8.32. The van der Waals surface area contributed by atoms with E-state index in [4.69, 9.17) is 0 Å². The third-order valence-corrected chi connectivity index (χ3v) is 5.08. The lowest BCUT2D eigenvalue weighted by atomic mass is 10.2. The predicted molar refractivity (Wildman–Crippen MR) is 69.4 cm³/mol. The molecule has 1 nitrogen and oxygen atoms in total. The normalized spacial score (nSPS) is 15.3. The fourth-order valence-corrected chi connectivity index (χ4v) is 3.70. The molecule has 1 saturated carbocycles. The molecule has 0 aliphatic heterocycles. The molecule has 0 atom stereocenters. The molecule has 0 saturated heterocycles. The van der Waals surface area contributed by atoms with Crippen LogP contribution in [0.4, 0.5) is 0 Å². The summed E-state index contributed by atoms with van der Waals surface area (Å²) in [5, 5.41) is 0. The van der Waals surface area contributed by atoms with E-state index in [-0.39, 0.29) is 0 Å². The molecule has 3 rings (SSSR count). The number of aryl methyl sites for hydroxylation is 1. The van der Waals surface area contributed by atoms with Crippen molar-refractivity contribution in [3.05, 3.63) is 34.0 Å². The summed E-state index contributed by atoms with van der Waals surface area (Å²) in [4.78, 5) is 16.6. The van der Waals surface area contributed by atoms with Gasteiger partial charge in [-0.1, -0.05) is 0 Å². The summed E-state index contributed by atoms with van der Waals surface area (Å²) < 4.78 is 0. The summed E-state index contributed by atoms with van der Waals surface area (Å²) in [5.41, 5.74) is 0. The zero-order valence-electron chi connectivity index (χ0n) is 9.03. The van der Waals surface area contributed by atoms with Gasteiger partial charge in [0.1, 0.15) is 0 Å². The molecule has 82 valence electrons. The minimum absolute atomic E-state index is 0.330. The van der Waals surface area contributed by atoms with Crippen LogP contribution < -0.4 is 0 Å². The van der Waals surface area contributed by atoms with Crippen molar-refractivity contribution < 1.29 is 4.79 Å². The first-order chi connectivity index (χ1) is 7.74. The number of ketones is 1. The maximum atomic E-state index is 11.9. The highest BCUT2D eigenvalue weighted by atomic mass is 32.1. The van der Waals surface area contributed by atoms with Gasteiger partial charge in [0.25, 0.3) is 0 Å². The van der Waals surface area contributed by atoms with Gasteiger partial charge < -0.3 is 0 Å².